The number of hydrogen-bond acceptors (Lipinski definition) is 3. The molecule has 0 spiro atoms. The lowest BCUT2D eigenvalue weighted by Crippen LogP contribution is -2.47. The molecule has 19 heavy (non-hydrogen) atoms. The summed E-state index contributed by atoms with van der Waals surface area (Å²) in [6, 6.07) is 5.03. The summed E-state index contributed by atoms with van der Waals surface area (Å²) in [6.07, 6.45) is 1.20. The molecule has 104 valence electrons. The fraction of sp³-hybridized carbons (Fsp3) is 0.533. The molecule has 0 N–H and O–H groups in total. The predicted molar refractivity (Wildman–Crippen MR) is 70.0 cm³/mol. The van der Waals surface area contributed by atoms with Gasteiger partial charge in [0.2, 0.25) is 0 Å². The maximum atomic E-state index is 13.9. The zero-order valence-corrected chi connectivity index (χ0v) is 11.4. The minimum absolute atomic E-state index is 0.151. The molecule has 0 aromatic heterocycles. The van der Waals surface area contributed by atoms with E-state index in [1.165, 1.54) is 6.07 Å². The van der Waals surface area contributed by atoms with Gasteiger partial charge in [0.25, 0.3) is 0 Å². The van der Waals surface area contributed by atoms with Gasteiger partial charge in [-0.05, 0) is 38.0 Å². The molecule has 0 aliphatic carbocycles. The molecule has 1 saturated heterocycles. The van der Waals surface area contributed by atoms with Crippen molar-refractivity contribution in [3.63, 3.8) is 0 Å². The van der Waals surface area contributed by atoms with Crippen LogP contribution in [0.4, 0.5) is 4.39 Å². The van der Waals surface area contributed by atoms with Gasteiger partial charge in [-0.3, -0.25) is 0 Å². The van der Waals surface area contributed by atoms with Gasteiger partial charge in [0, 0.05) is 11.8 Å². The van der Waals surface area contributed by atoms with Crippen LogP contribution in [0, 0.1) is 5.82 Å². The topological polar surface area (TPSA) is 35.5 Å². The maximum absolute atomic E-state index is 13.9. The summed E-state index contributed by atoms with van der Waals surface area (Å²) in [6.45, 7) is 4.93. The zero-order valence-electron chi connectivity index (χ0n) is 11.4. The average Bonchev–Trinajstić information content (AvgIpc) is 2.31. The molecule has 0 atom stereocenters. The van der Waals surface area contributed by atoms with Crippen LogP contribution in [0.3, 0.4) is 0 Å². The predicted octanol–water partition coefficient (Wildman–Crippen LogP) is 2.86. The minimum atomic E-state index is -0.353. The Kier molecular flexibility index (Phi) is 4.20. The van der Waals surface area contributed by atoms with E-state index in [1.54, 1.807) is 13.0 Å². The Bertz CT molecular complexity index is 466. The average molecular weight is 266 g/mol. The lowest BCUT2D eigenvalue weighted by molar-refractivity contribution is -0.119. The van der Waals surface area contributed by atoms with Gasteiger partial charge >= 0.3 is 0 Å². The SMILES string of the molecule is CCOc1ccc(C2(CCC(C)=O)COC2)cc1F. The summed E-state index contributed by atoms with van der Waals surface area (Å²) < 4.78 is 24.4. The molecule has 1 aromatic carbocycles. The van der Waals surface area contributed by atoms with Crippen molar-refractivity contribution < 1.29 is 18.7 Å². The molecular formula is C15H19FO3. The fourth-order valence-electron chi connectivity index (χ4n) is 2.32. The molecule has 1 aromatic rings. The Morgan fingerprint density at radius 3 is 2.68 bits per heavy atom. The van der Waals surface area contributed by atoms with Crippen LogP contribution >= 0.6 is 0 Å². The van der Waals surface area contributed by atoms with Gasteiger partial charge < -0.3 is 14.3 Å². The van der Waals surface area contributed by atoms with E-state index >= 15 is 0 Å². The first-order valence-corrected chi connectivity index (χ1v) is 6.57. The van der Waals surface area contributed by atoms with Crippen molar-refractivity contribution >= 4 is 5.78 Å². The van der Waals surface area contributed by atoms with E-state index in [0.29, 0.717) is 32.7 Å². The van der Waals surface area contributed by atoms with Gasteiger partial charge in [-0.2, -0.15) is 0 Å². The standard InChI is InChI=1S/C15H19FO3/c1-3-19-14-5-4-12(8-13(14)16)15(9-18-10-15)7-6-11(2)17/h4-5,8H,3,6-7,9-10H2,1-2H3. The normalized spacial score (nSPS) is 16.8. The quantitative estimate of drug-likeness (QED) is 0.794. The van der Waals surface area contributed by atoms with Crippen LogP contribution in [-0.2, 0) is 14.9 Å². The van der Waals surface area contributed by atoms with Gasteiger partial charge in [-0.15, -0.1) is 0 Å². The summed E-state index contributed by atoms with van der Waals surface area (Å²) in [4.78, 5) is 11.1. The third-order valence-electron chi connectivity index (χ3n) is 3.56. The van der Waals surface area contributed by atoms with Crippen LogP contribution in [-0.4, -0.2) is 25.6 Å². The molecule has 1 fully saturated rings. The van der Waals surface area contributed by atoms with Gasteiger partial charge in [-0.1, -0.05) is 6.07 Å². The number of benzene rings is 1. The molecule has 3 nitrogen and oxygen atoms in total. The van der Waals surface area contributed by atoms with Gasteiger partial charge in [-0.25, -0.2) is 4.39 Å². The Morgan fingerprint density at radius 1 is 1.47 bits per heavy atom. The summed E-state index contributed by atoms with van der Waals surface area (Å²) in [7, 11) is 0. The van der Waals surface area contributed by atoms with E-state index in [9.17, 15) is 9.18 Å². The van der Waals surface area contributed by atoms with Crippen molar-refractivity contribution in [2.45, 2.75) is 32.1 Å². The summed E-state index contributed by atoms with van der Waals surface area (Å²) in [5.41, 5.74) is 0.679. The maximum Gasteiger partial charge on any atom is 0.165 e. The molecule has 0 bridgehead atoms. The lowest BCUT2D eigenvalue weighted by Gasteiger charge is -2.42. The first-order valence-electron chi connectivity index (χ1n) is 6.57. The minimum Gasteiger partial charge on any atom is -0.491 e. The Labute approximate surface area is 112 Å². The largest absolute Gasteiger partial charge is 0.491 e. The van der Waals surface area contributed by atoms with Gasteiger partial charge in [0.15, 0.2) is 11.6 Å². The van der Waals surface area contributed by atoms with E-state index in [4.69, 9.17) is 9.47 Å². The molecule has 4 heteroatoms. The lowest BCUT2D eigenvalue weighted by atomic mass is 9.74. The van der Waals surface area contributed by atoms with E-state index in [-0.39, 0.29) is 22.8 Å². The van der Waals surface area contributed by atoms with E-state index in [2.05, 4.69) is 0 Å². The van der Waals surface area contributed by atoms with Crippen molar-refractivity contribution in [2.75, 3.05) is 19.8 Å². The highest BCUT2D eigenvalue weighted by atomic mass is 19.1. The van der Waals surface area contributed by atoms with E-state index in [1.807, 2.05) is 13.0 Å². The number of ketones is 1. The number of carbonyl (C=O) groups excluding carboxylic acids is 1. The molecule has 0 unspecified atom stereocenters. The molecule has 1 aliphatic heterocycles. The van der Waals surface area contributed by atoms with Gasteiger partial charge in [0.1, 0.15) is 5.78 Å². The first-order chi connectivity index (χ1) is 9.07. The van der Waals surface area contributed by atoms with Crippen LogP contribution in [0.1, 0.15) is 32.3 Å². The van der Waals surface area contributed by atoms with Crippen LogP contribution < -0.4 is 4.74 Å². The van der Waals surface area contributed by atoms with E-state index in [0.717, 1.165) is 5.56 Å². The molecule has 0 amide bonds. The number of Topliss-reactive ketones (excluding diaryl/α,β-unsaturated/α-hetero) is 1. The molecule has 1 heterocycles. The monoisotopic (exact) mass is 266 g/mol. The van der Waals surface area contributed by atoms with Crippen LogP contribution in [0.5, 0.6) is 5.75 Å². The second-order valence-electron chi connectivity index (χ2n) is 5.05. The number of rotatable bonds is 6. The number of ether oxygens (including phenoxy) is 2. The summed E-state index contributed by atoms with van der Waals surface area (Å²) in [5, 5.41) is 0. The van der Waals surface area contributed by atoms with Crippen LogP contribution in [0.2, 0.25) is 0 Å². The zero-order chi connectivity index (χ0) is 13.9. The third kappa shape index (κ3) is 2.95. The first kappa shape index (κ1) is 14.0. The van der Waals surface area contributed by atoms with Crippen molar-refractivity contribution in [1.82, 2.24) is 0 Å². The molecule has 0 saturated carbocycles. The summed E-state index contributed by atoms with van der Waals surface area (Å²) in [5.74, 6) is 0.0688. The second kappa shape index (κ2) is 5.70. The van der Waals surface area contributed by atoms with Crippen LogP contribution in [0.15, 0.2) is 18.2 Å². The highest BCUT2D eigenvalue weighted by Gasteiger charge is 2.40. The highest BCUT2D eigenvalue weighted by Crippen LogP contribution is 2.38. The second-order valence-corrected chi connectivity index (χ2v) is 5.05. The Hall–Kier alpha value is -1.42. The molecule has 2 rings (SSSR count). The van der Waals surface area contributed by atoms with Crippen molar-refractivity contribution in [1.29, 1.82) is 0 Å². The van der Waals surface area contributed by atoms with Crippen molar-refractivity contribution in [2.24, 2.45) is 0 Å². The van der Waals surface area contributed by atoms with E-state index < -0.39 is 0 Å². The smallest absolute Gasteiger partial charge is 0.165 e. The van der Waals surface area contributed by atoms with Crippen molar-refractivity contribution in [3.05, 3.63) is 29.6 Å². The Morgan fingerprint density at radius 2 is 2.21 bits per heavy atom. The number of carbonyl (C=O) groups is 1. The molecule has 0 radical (unpaired) electrons. The number of hydrogen-bond donors (Lipinski definition) is 0. The Balaban J connectivity index is 2.19. The number of halogens is 1. The van der Waals surface area contributed by atoms with Crippen molar-refractivity contribution in [3.8, 4) is 5.75 Å². The fourth-order valence-corrected chi connectivity index (χ4v) is 2.32. The molecule has 1 aliphatic rings. The third-order valence-corrected chi connectivity index (χ3v) is 3.56. The summed E-state index contributed by atoms with van der Waals surface area (Å²) >= 11 is 0. The van der Waals surface area contributed by atoms with Gasteiger partial charge in [0.05, 0.1) is 19.8 Å². The molecular weight excluding hydrogens is 247 g/mol. The highest BCUT2D eigenvalue weighted by molar-refractivity contribution is 5.75. The van der Waals surface area contributed by atoms with Crippen LogP contribution in [0.25, 0.3) is 0 Å².